The van der Waals surface area contributed by atoms with Crippen molar-refractivity contribution < 1.29 is 57.0 Å². The molecular formula is C58H85FN8O13. The SMILES string of the molecule is CC(C)(C)OC(=O)N1CCOC2(CCCCC2)C1.CC(C)(C)OC(=O)N1CCOC2(CCN(c3ccccc3N)CC2)C1.CC(C)(C)OC(=O)N1CCOC2(CCN(c3ccccc3[N+](=O)[O-])CC2)C1.O=[N+]([O-])c1ccccc1F. The Morgan fingerprint density at radius 2 is 0.838 bits per heavy atom. The van der Waals surface area contributed by atoms with Gasteiger partial charge < -0.3 is 58.7 Å². The van der Waals surface area contributed by atoms with E-state index >= 15 is 0 Å². The maximum absolute atomic E-state index is 12.4. The quantitative estimate of drug-likeness (QED) is 0.111. The minimum Gasteiger partial charge on any atom is -0.444 e. The molecule has 3 aromatic rings. The highest BCUT2D eigenvalue weighted by atomic mass is 19.1. The van der Waals surface area contributed by atoms with Gasteiger partial charge in [-0.05, 0) is 125 Å². The Balaban J connectivity index is 0.000000181. The van der Waals surface area contributed by atoms with Crippen molar-refractivity contribution in [3.8, 4) is 0 Å². The minimum absolute atomic E-state index is 0.0899. The monoisotopic (exact) mass is 1120 g/mol. The number of hydrogen-bond acceptors (Lipinski definition) is 16. The Kier molecular flexibility index (Phi) is 21.0. The molecule has 442 valence electrons. The van der Waals surface area contributed by atoms with E-state index in [4.69, 9.17) is 34.2 Å². The lowest BCUT2D eigenvalue weighted by Crippen LogP contribution is -2.58. The molecule has 0 aromatic heterocycles. The van der Waals surface area contributed by atoms with Gasteiger partial charge in [-0.1, -0.05) is 55.7 Å². The average Bonchev–Trinajstić information content (AvgIpc) is 3.39. The summed E-state index contributed by atoms with van der Waals surface area (Å²) in [5.41, 5.74) is 6.06. The first-order valence-electron chi connectivity index (χ1n) is 27.9. The zero-order valence-corrected chi connectivity index (χ0v) is 48.4. The molecule has 0 atom stereocenters. The summed E-state index contributed by atoms with van der Waals surface area (Å²) >= 11 is 0. The molecule has 3 aromatic carbocycles. The Hall–Kier alpha value is -6.52. The number of hydrogen-bond donors (Lipinski definition) is 1. The summed E-state index contributed by atoms with van der Waals surface area (Å²) in [6, 6.07) is 19.8. The van der Waals surface area contributed by atoms with Crippen molar-refractivity contribution in [3.05, 3.63) is 98.8 Å². The largest absolute Gasteiger partial charge is 0.444 e. The lowest BCUT2D eigenvalue weighted by atomic mass is 9.83. The van der Waals surface area contributed by atoms with Crippen LogP contribution in [0.1, 0.15) is 120 Å². The lowest BCUT2D eigenvalue weighted by Gasteiger charge is -2.47. The second kappa shape index (κ2) is 26.8. The van der Waals surface area contributed by atoms with E-state index in [9.17, 15) is 39.0 Å². The van der Waals surface area contributed by atoms with Gasteiger partial charge in [0, 0.05) is 57.9 Å². The van der Waals surface area contributed by atoms with Crippen molar-refractivity contribution in [1.82, 2.24) is 14.7 Å². The van der Waals surface area contributed by atoms with Gasteiger partial charge in [-0.2, -0.15) is 4.39 Å². The Morgan fingerprint density at radius 3 is 1.20 bits per heavy atom. The smallest absolute Gasteiger partial charge is 0.410 e. The highest BCUT2D eigenvalue weighted by Gasteiger charge is 2.45. The summed E-state index contributed by atoms with van der Waals surface area (Å²) in [6.07, 6.45) is 8.27. The van der Waals surface area contributed by atoms with Crippen LogP contribution in [0.4, 0.5) is 47.2 Å². The van der Waals surface area contributed by atoms with Gasteiger partial charge in [-0.25, -0.2) is 14.4 Å². The molecule has 5 heterocycles. The average molecular weight is 1120 g/mol. The summed E-state index contributed by atoms with van der Waals surface area (Å²) < 4.78 is 47.0. The van der Waals surface area contributed by atoms with E-state index in [1.54, 1.807) is 21.9 Å². The summed E-state index contributed by atoms with van der Waals surface area (Å²) in [6.45, 7) is 25.2. The van der Waals surface area contributed by atoms with Crippen LogP contribution in [0.5, 0.6) is 0 Å². The molecule has 1 aliphatic carbocycles. The van der Waals surface area contributed by atoms with Crippen LogP contribution < -0.4 is 15.5 Å². The normalized spacial score (nSPS) is 19.7. The fourth-order valence-corrected chi connectivity index (χ4v) is 10.7. The number of ether oxygens (including phenoxy) is 6. The number of nitrogens with two attached hydrogens (primary N) is 1. The first-order chi connectivity index (χ1) is 37.6. The molecule has 6 aliphatic rings. The molecule has 5 saturated heterocycles. The molecule has 0 radical (unpaired) electrons. The van der Waals surface area contributed by atoms with Crippen LogP contribution >= 0.6 is 0 Å². The minimum atomic E-state index is -0.799. The third kappa shape index (κ3) is 18.3. The number of rotatable bonds is 4. The summed E-state index contributed by atoms with van der Waals surface area (Å²) in [5, 5.41) is 21.3. The highest BCUT2D eigenvalue weighted by Crippen LogP contribution is 2.38. The summed E-state index contributed by atoms with van der Waals surface area (Å²) in [7, 11) is 0. The Bertz CT molecular complexity index is 2560. The van der Waals surface area contributed by atoms with Crippen LogP contribution in [0.2, 0.25) is 0 Å². The maximum atomic E-state index is 12.4. The summed E-state index contributed by atoms with van der Waals surface area (Å²) in [5.74, 6) is -0.799. The molecule has 1 saturated carbocycles. The van der Waals surface area contributed by atoms with Gasteiger partial charge in [-0.15, -0.1) is 0 Å². The van der Waals surface area contributed by atoms with Crippen molar-refractivity contribution in [2.24, 2.45) is 0 Å². The number of carbonyl (C=O) groups is 3. The van der Waals surface area contributed by atoms with Crippen LogP contribution in [0.15, 0.2) is 72.8 Å². The first kappa shape index (κ1) is 62.7. The van der Waals surface area contributed by atoms with Crippen LogP contribution in [-0.2, 0) is 28.4 Å². The van der Waals surface area contributed by atoms with E-state index in [0.717, 1.165) is 62.3 Å². The van der Waals surface area contributed by atoms with Crippen LogP contribution in [0.25, 0.3) is 0 Å². The maximum Gasteiger partial charge on any atom is 0.410 e. The molecule has 80 heavy (non-hydrogen) atoms. The number of carbonyl (C=O) groups excluding carboxylic acids is 3. The molecule has 3 amide bonds. The number of nitrogen functional groups attached to an aromatic ring is 1. The van der Waals surface area contributed by atoms with Crippen molar-refractivity contribution in [3.63, 3.8) is 0 Å². The molecule has 3 spiro atoms. The van der Waals surface area contributed by atoms with Crippen molar-refractivity contribution in [2.75, 3.05) is 101 Å². The van der Waals surface area contributed by atoms with Crippen molar-refractivity contribution in [2.45, 2.75) is 154 Å². The van der Waals surface area contributed by atoms with Gasteiger partial charge >= 0.3 is 24.0 Å². The predicted molar refractivity (Wildman–Crippen MR) is 302 cm³/mol. The van der Waals surface area contributed by atoms with E-state index in [-0.39, 0.29) is 40.1 Å². The first-order valence-corrected chi connectivity index (χ1v) is 27.9. The van der Waals surface area contributed by atoms with Crippen molar-refractivity contribution >= 4 is 46.7 Å². The molecule has 2 N–H and O–H groups in total. The van der Waals surface area contributed by atoms with E-state index < -0.39 is 38.8 Å². The number of benzene rings is 3. The predicted octanol–water partition coefficient (Wildman–Crippen LogP) is 10.8. The molecule has 21 nitrogen and oxygen atoms in total. The van der Waals surface area contributed by atoms with Crippen LogP contribution in [-0.4, -0.2) is 162 Å². The van der Waals surface area contributed by atoms with Crippen LogP contribution in [0, 0.1) is 26.0 Å². The third-order valence-electron chi connectivity index (χ3n) is 14.6. The number of nitro groups is 2. The number of anilines is 3. The molecular weight excluding hydrogens is 1040 g/mol. The number of amides is 3. The molecule has 9 rings (SSSR count). The molecule has 0 bridgehead atoms. The van der Waals surface area contributed by atoms with E-state index in [0.29, 0.717) is 90.7 Å². The van der Waals surface area contributed by atoms with Crippen LogP contribution in [0.3, 0.4) is 0 Å². The fraction of sp³-hybridized carbons (Fsp3) is 0.638. The fourth-order valence-electron chi connectivity index (χ4n) is 10.7. The van der Waals surface area contributed by atoms with Gasteiger partial charge in [0.1, 0.15) is 22.5 Å². The number of nitro benzene ring substituents is 2. The zero-order valence-electron chi connectivity index (χ0n) is 48.4. The third-order valence-corrected chi connectivity index (χ3v) is 14.6. The van der Waals surface area contributed by atoms with Gasteiger partial charge in [0.25, 0.3) is 5.69 Å². The number of halogens is 1. The number of morpholine rings is 3. The molecule has 6 fully saturated rings. The van der Waals surface area contributed by atoms with E-state index in [1.807, 2.05) is 96.4 Å². The topological polar surface area (TPSA) is 235 Å². The van der Waals surface area contributed by atoms with Gasteiger partial charge in [-0.3, -0.25) is 20.2 Å². The van der Waals surface area contributed by atoms with Gasteiger partial charge in [0.05, 0.1) is 77.5 Å². The number of piperidine rings is 2. The second-order valence-corrected chi connectivity index (χ2v) is 24.3. The van der Waals surface area contributed by atoms with Gasteiger partial charge in [0.2, 0.25) is 5.82 Å². The second-order valence-electron chi connectivity index (χ2n) is 24.3. The van der Waals surface area contributed by atoms with E-state index in [2.05, 4.69) is 11.0 Å². The zero-order chi connectivity index (χ0) is 58.5. The molecule has 5 aliphatic heterocycles. The molecule has 22 heteroatoms. The number of para-hydroxylation sites is 5. The highest BCUT2D eigenvalue weighted by molar-refractivity contribution is 5.70. The van der Waals surface area contributed by atoms with Gasteiger partial charge in [0.15, 0.2) is 0 Å². The summed E-state index contributed by atoms with van der Waals surface area (Å²) in [4.78, 5) is 66.7. The number of nitrogens with zero attached hydrogens (tertiary/aromatic N) is 7. The Labute approximate surface area is 470 Å². The van der Waals surface area contributed by atoms with E-state index in [1.165, 1.54) is 37.5 Å². The standard InChI is InChI=1S/C19H27N3O5.C19H29N3O3.C14H25NO3.C6H4FNO2/c1-18(2,3)27-17(23)21-12-13-26-19(14-21)8-10-20(11-9-19)15-6-4-5-7-16(15)22(24)25;1-18(2,3)25-17(23)22-12-13-24-19(14-22)8-10-21(11-9-19)16-7-5-4-6-15(16)20;1-13(2,3)18-12(16)15-9-10-17-14(11-15)7-5-4-6-8-14;7-5-3-1-2-4-6(5)8(9)10/h4-7H,8-14H2,1-3H3;4-7H,8-14,20H2,1-3H3;4-11H2,1-3H3;1-4H. The van der Waals surface area contributed by atoms with Crippen molar-refractivity contribution in [1.29, 1.82) is 0 Å². The molecule has 0 unspecified atom stereocenters. The lowest BCUT2D eigenvalue weighted by molar-refractivity contribution is -0.387. The Morgan fingerprint density at radius 1 is 0.500 bits per heavy atom.